The van der Waals surface area contributed by atoms with Crippen LogP contribution in [-0.2, 0) is 8.85 Å². The molecule has 2 nitrogen and oxygen atoms in total. The van der Waals surface area contributed by atoms with Gasteiger partial charge in [0.25, 0.3) is 0 Å². The van der Waals surface area contributed by atoms with Gasteiger partial charge in [0.2, 0.25) is 0 Å². The van der Waals surface area contributed by atoms with Crippen molar-refractivity contribution >= 4 is 18.9 Å². The summed E-state index contributed by atoms with van der Waals surface area (Å²) < 4.78 is 13.0. The molecule has 0 N–H and O–H groups in total. The van der Waals surface area contributed by atoms with E-state index in [9.17, 15) is 0 Å². The van der Waals surface area contributed by atoms with Crippen molar-refractivity contribution in [2.75, 3.05) is 0 Å². The summed E-state index contributed by atoms with van der Waals surface area (Å²) in [6, 6.07) is 17.2. The predicted molar refractivity (Wildman–Crippen MR) is 99.8 cm³/mol. The van der Waals surface area contributed by atoms with E-state index in [4.69, 9.17) is 8.85 Å². The van der Waals surface area contributed by atoms with Crippen LogP contribution in [0.5, 0.6) is 0 Å². The lowest BCUT2D eigenvalue weighted by atomic mass is 10.2. The van der Waals surface area contributed by atoms with Crippen molar-refractivity contribution in [3.8, 4) is 0 Å². The average molecular weight is 329 g/mol. The van der Waals surface area contributed by atoms with Crippen LogP contribution in [0.1, 0.15) is 38.8 Å². The van der Waals surface area contributed by atoms with Crippen molar-refractivity contribution in [1.82, 2.24) is 0 Å². The molecule has 0 spiro atoms. The highest BCUT2D eigenvalue weighted by molar-refractivity contribution is 6.92. The van der Waals surface area contributed by atoms with Gasteiger partial charge in [0.1, 0.15) is 0 Å². The fourth-order valence-corrected chi connectivity index (χ4v) is 6.15. The van der Waals surface area contributed by atoms with E-state index in [2.05, 4.69) is 90.1 Å². The second-order valence-corrected chi connectivity index (χ2v) is 9.54. The van der Waals surface area contributed by atoms with Crippen molar-refractivity contribution in [3.05, 3.63) is 59.7 Å². The van der Waals surface area contributed by atoms with Crippen molar-refractivity contribution < 1.29 is 8.85 Å². The van der Waals surface area contributed by atoms with Gasteiger partial charge >= 0.3 is 8.56 Å². The van der Waals surface area contributed by atoms with Crippen LogP contribution in [0.4, 0.5) is 0 Å². The van der Waals surface area contributed by atoms with E-state index in [0.29, 0.717) is 0 Å². The zero-order valence-corrected chi connectivity index (χ0v) is 16.1. The van der Waals surface area contributed by atoms with E-state index in [1.165, 1.54) is 11.1 Å². The minimum Gasteiger partial charge on any atom is -0.385 e. The highest BCUT2D eigenvalue weighted by atomic mass is 28.4. The minimum atomic E-state index is -2.72. The molecule has 0 amide bonds. The van der Waals surface area contributed by atoms with Gasteiger partial charge in [-0.3, -0.25) is 0 Å². The lowest BCUT2D eigenvalue weighted by Crippen LogP contribution is -2.65. The quantitative estimate of drug-likeness (QED) is 0.753. The maximum atomic E-state index is 6.52. The van der Waals surface area contributed by atoms with Crippen molar-refractivity contribution in [2.45, 2.75) is 53.8 Å². The lowest BCUT2D eigenvalue weighted by Gasteiger charge is -2.35. The first kappa shape index (κ1) is 17.9. The molecule has 0 heterocycles. The maximum absolute atomic E-state index is 6.52. The molecule has 0 aliphatic heterocycles. The standard InChI is InChI=1S/C20H28O2Si/c1-15(2)21-23(22-16(3)4,19-11-7-17(5)8-12-19)20-13-9-18(6)10-14-20/h7-16H,1-6H3. The van der Waals surface area contributed by atoms with Crippen molar-refractivity contribution in [3.63, 3.8) is 0 Å². The fourth-order valence-electron chi connectivity index (χ4n) is 2.68. The molecule has 2 rings (SSSR count). The molecule has 0 unspecified atom stereocenters. The van der Waals surface area contributed by atoms with Crippen molar-refractivity contribution in [2.24, 2.45) is 0 Å². The Balaban J connectivity index is 2.62. The Kier molecular flexibility index (Phi) is 5.79. The van der Waals surface area contributed by atoms with Gasteiger partial charge in [-0.15, -0.1) is 0 Å². The van der Waals surface area contributed by atoms with Gasteiger partial charge in [-0.05, 0) is 51.9 Å². The summed E-state index contributed by atoms with van der Waals surface area (Å²) in [7, 11) is -2.72. The zero-order chi connectivity index (χ0) is 17.0. The summed E-state index contributed by atoms with van der Waals surface area (Å²) in [5, 5.41) is 2.32. The number of hydrogen-bond acceptors (Lipinski definition) is 2. The van der Waals surface area contributed by atoms with E-state index in [-0.39, 0.29) is 12.2 Å². The van der Waals surface area contributed by atoms with Crippen LogP contribution in [-0.4, -0.2) is 20.8 Å². The van der Waals surface area contributed by atoms with Gasteiger partial charge in [0.15, 0.2) is 0 Å². The molecule has 0 saturated heterocycles. The van der Waals surface area contributed by atoms with E-state index in [1.54, 1.807) is 0 Å². The van der Waals surface area contributed by atoms with Gasteiger partial charge in [-0.25, -0.2) is 0 Å². The smallest absolute Gasteiger partial charge is 0.385 e. The summed E-state index contributed by atoms with van der Waals surface area (Å²) in [5.74, 6) is 0. The van der Waals surface area contributed by atoms with E-state index in [0.717, 1.165) is 10.4 Å². The Morgan fingerprint density at radius 2 is 0.913 bits per heavy atom. The first-order valence-electron chi connectivity index (χ1n) is 8.33. The number of aryl methyl sites for hydroxylation is 2. The van der Waals surface area contributed by atoms with Crippen LogP contribution in [0, 0.1) is 13.8 Å². The average Bonchev–Trinajstić information content (AvgIpc) is 2.46. The van der Waals surface area contributed by atoms with Crippen LogP contribution < -0.4 is 10.4 Å². The molecule has 0 fully saturated rings. The first-order valence-corrected chi connectivity index (χ1v) is 10.1. The molecule has 0 aromatic heterocycles. The summed E-state index contributed by atoms with van der Waals surface area (Å²) >= 11 is 0. The fraction of sp³-hybridized carbons (Fsp3) is 0.400. The third kappa shape index (κ3) is 4.31. The van der Waals surface area contributed by atoms with Gasteiger partial charge in [-0.2, -0.15) is 0 Å². The molecule has 0 atom stereocenters. The number of benzene rings is 2. The molecule has 23 heavy (non-hydrogen) atoms. The Hall–Kier alpha value is -1.42. The van der Waals surface area contributed by atoms with Crippen LogP contribution >= 0.6 is 0 Å². The summed E-state index contributed by atoms with van der Waals surface area (Å²) in [5.41, 5.74) is 2.49. The molecule has 0 aliphatic carbocycles. The molecule has 124 valence electrons. The largest absolute Gasteiger partial charge is 0.407 e. The SMILES string of the molecule is Cc1ccc([Si](OC(C)C)(OC(C)C)c2ccc(C)cc2)cc1. The third-order valence-electron chi connectivity index (χ3n) is 3.67. The van der Waals surface area contributed by atoms with Gasteiger partial charge < -0.3 is 8.85 Å². The van der Waals surface area contributed by atoms with Gasteiger partial charge in [-0.1, -0.05) is 59.7 Å². The Bertz CT molecular complexity index is 558. The molecule has 3 heteroatoms. The molecule has 2 aromatic carbocycles. The number of rotatable bonds is 6. The molecular formula is C20H28O2Si. The molecular weight excluding hydrogens is 300 g/mol. The topological polar surface area (TPSA) is 18.5 Å². The minimum absolute atomic E-state index is 0.100. The normalized spacial score (nSPS) is 12.2. The Morgan fingerprint density at radius 1 is 0.609 bits per heavy atom. The van der Waals surface area contributed by atoms with Crippen LogP contribution in [0.2, 0.25) is 0 Å². The Labute approximate surface area is 141 Å². The zero-order valence-electron chi connectivity index (χ0n) is 15.1. The summed E-state index contributed by atoms with van der Waals surface area (Å²) in [6.45, 7) is 12.5. The summed E-state index contributed by atoms with van der Waals surface area (Å²) in [6.07, 6.45) is 0.200. The van der Waals surface area contributed by atoms with Crippen LogP contribution in [0.25, 0.3) is 0 Å². The van der Waals surface area contributed by atoms with Crippen LogP contribution in [0.15, 0.2) is 48.5 Å². The second kappa shape index (κ2) is 7.43. The first-order chi connectivity index (χ1) is 10.8. The highest BCUT2D eigenvalue weighted by Crippen LogP contribution is 2.16. The molecule has 0 bridgehead atoms. The van der Waals surface area contributed by atoms with E-state index >= 15 is 0 Å². The van der Waals surface area contributed by atoms with E-state index < -0.39 is 8.56 Å². The third-order valence-corrected chi connectivity index (χ3v) is 7.46. The van der Waals surface area contributed by atoms with Gasteiger partial charge in [0.05, 0.1) is 0 Å². The highest BCUT2D eigenvalue weighted by Gasteiger charge is 2.44. The van der Waals surface area contributed by atoms with Gasteiger partial charge in [0, 0.05) is 12.2 Å². The monoisotopic (exact) mass is 328 g/mol. The molecule has 2 aromatic rings. The van der Waals surface area contributed by atoms with Crippen LogP contribution in [0.3, 0.4) is 0 Å². The Morgan fingerprint density at radius 3 is 1.17 bits per heavy atom. The predicted octanol–water partition coefficient (Wildman–Crippen LogP) is 3.71. The maximum Gasteiger partial charge on any atom is 0.407 e. The molecule has 0 aliphatic rings. The lowest BCUT2D eigenvalue weighted by molar-refractivity contribution is 0.125. The van der Waals surface area contributed by atoms with Crippen molar-refractivity contribution in [1.29, 1.82) is 0 Å². The summed E-state index contributed by atoms with van der Waals surface area (Å²) in [4.78, 5) is 0. The number of hydrogen-bond donors (Lipinski definition) is 0. The van der Waals surface area contributed by atoms with E-state index in [1.807, 2.05) is 0 Å². The second-order valence-electron chi connectivity index (χ2n) is 6.68. The molecule has 0 saturated carbocycles. The molecule has 0 radical (unpaired) electrons.